The fraction of sp³-hybridized carbons (Fsp3) is 0.500. The summed E-state index contributed by atoms with van der Waals surface area (Å²) in [7, 11) is 3.26. The zero-order valence-electron chi connectivity index (χ0n) is 19.1. The summed E-state index contributed by atoms with van der Waals surface area (Å²) in [5.41, 5.74) is 8.78. The average Bonchev–Trinajstić information content (AvgIpc) is 2.85. The van der Waals surface area contributed by atoms with Crippen LogP contribution in [0.2, 0.25) is 0 Å². The van der Waals surface area contributed by atoms with Crippen LogP contribution >= 0.6 is 0 Å². The van der Waals surface area contributed by atoms with Gasteiger partial charge in [0, 0.05) is 44.4 Å². The topological polar surface area (TPSA) is 94.1 Å². The van der Waals surface area contributed by atoms with Crippen LogP contribution < -0.4 is 25.0 Å². The van der Waals surface area contributed by atoms with Crippen molar-refractivity contribution in [2.75, 3.05) is 55.9 Å². The highest BCUT2D eigenvalue weighted by Crippen LogP contribution is 2.33. The van der Waals surface area contributed by atoms with Crippen molar-refractivity contribution < 1.29 is 14.4 Å². The third-order valence-corrected chi connectivity index (χ3v) is 6.01. The molecule has 174 valence electrons. The van der Waals surface area contributed by atoms with E-state index in [1.165, 1.54) is 31.7 Å². The van der Waals surface area contributed by atoms with E-state index in [0.29, 0.717) is 11.4 Å². The van der Waals surface area contributed by atoms with E-state index in [2.05, 4.69) is 9.80 Å². The molecule has 8 nitrogen and oxygen atoms in total. The lowest BCUT2D eigenvalue weighted by molar-refractivity contribution is -0.384. The summed E-state index contributed by atoms with van der Waals surface area (Å²) in [6.45, 7) is 3.98. The highest BCUT2D eigenvalue weighted by molar-refractivity contribution is 5.70. The number of benzene rings is 2. The number of ether oxygens (including phenoxy) is 2. The van der Waals surface area contributed by atoms with Gasteiger partial charge in [-0.2, -0.15) is 0 Å². The van der Waals surface area contributed by atoms with Crippen LogP contribution in [-0.4, -0.2) is 45.3 Å². The van der Waals surface area contributed by atoms with Crippen molar-refractivity contribution in [3.63, 3.8) is 0 Å². The molecule has 0 radical (unpaired) electrons. The Morgan fingerprint density at radius 1 is 0.781 bits per heavy atom. The first kappa shape index (κ1) is 23.5. The van der Waals surface area contributed by atoms with E-state index < -0.39 is 0 Å². The molecule has 2 aromatic carbocycles. The van der Waals surface area contributed by atoms with Crippen molar-refractivity contribution in [3.8, 4) is 11.5 Å². The summed E-state index contributed by atoms with van der Waals surface area (Å²) in [6, 6.07) is 10.8. The molecular weight excluding hydrogens is 408 g/mol. The fourth-order valence-corrected chi connectivity index (χ4v) is 4.23. The van der Waals surface area contributed by atoms with Crippen LogP contribution in [0.1, 0.15) is 38.5 Å². The van der Waals surface area contributed by atoms with E-state index in [1.807, 2.05) is 18.2 Å². The van der Waals surface area contributed by atoms with Crippen LogP contribution in [-0.2, 0) is 0 Å². The van der Waals surface area contributed by atoms with E-state index in [9.17, 15) is 10.1 Å². The number of anilines is 3. The minimum absolute atomic E-state index is 0.160. The SMILES string of the molecule is COc1ccc(N)c(N2CCCCC2)c1.COc1ccc([N+](=O)[O-])c(N2CCCCC2)c1. The molecular formula is C24H34N4O4. The Morgan fingerprint density at radius 3 is 1.75 bits per heavy atom. The van der Waals surface area contributed by atoms with Gasteiger partial charge in [0.25, 0.3) is 5.69 Å². The normalized spacial score (nSPS) is 16.1. The quantitative estimate of drug-likeness (QED) is 0.401. The summed E-state index contributed by atoms with van der Waals surface area (Å²) in [5.74, 6) is 1.54. The second kappa shape index (κ2) is 11.5. The van der Waals surface area contributed by atoms with Gasteiger partial charge in [0.1, 0.15) is 17.2 Å². The first-order chi connectivity index (χ1) is 15.5. The molecule has 32 heavy (non-hydrogen) atoms. The maximum absolute atomic E-state index is 11.0. The Labute approximate surface area is 190 Å². The fourth-order valence-electron chi connectivity index (χ4n) is 4.23. The minimum Gasteiger partial charge on any atom is -0.497 e. The molecule has 4 rings (SSSR count). The molecule has 0 saturated carbocycles. The van der Waals surface area contributed by atoms with Crippen molar-refractivity contribution >= 4 is 22.7 Å². The summed E-state index contributed by atoms with van der Waals surface area (Å²) in [4.78, 5) is 15.1. The van der Waals surface area contributed by atoms with Gasteiger partial charge in [0.2, 0.25) is 0 Å². The zero-order valence-corrected chi connectivity index (χ0v) is 19.1. The van der Waals surface area contributed by atoms with E-state index in [1.54, 1.807) is 26.4 Å². The van der Waals surface area contributed by atoms with Gasteiger partial charge in [0.05, 0.1) is 30.5 Å². The van der Waals surface area contributed by atoms with Gasteiger partial charge >= 0.3 is 0 Å². The Balaban J connectivity index is 0.000000182. The minimum atomic E-state index is -0.330. The Kier molecular flexibility index (Phi) is 8.41. The first-order valence-electron chi connectivity index (χ1n) is 11.3. The lowest BCUT2D eigenvalue weighted by Crippen LogP contribution is -2.30. The molecule has 0 aliphatic carbocycles. The number of hydrogen-bond donors (Lipinski definition) is 1. The number of methoxy groups -OCH3 is 2. The maximum Gasteiger partial charge on any atom is 0.292 e. The van der Waals surface area contributed by atoms with E-state index in [-0.39, 0.29) is 10.6 Å². The van der Waals surface area contributed by atoms with Gasteiger partial charge in [-0.3, -0.25) is 10.1 Å². The van der Waals surface area contributed by atoms with Crippen LogP contribution in [0, 0.1) is 10.1 Å². The van der Waals surface area contributed by atoms with Crippen LogP contribution in [0.5, 0.6) is 11.5 Å². The van der Waals surface area contributed by atoms with Gasteiger partial charge in [-0.1, -0.05) is 0 Å². The Bertz CT molecular complexity index is 894. The van der Waals surface area contributed by atoms with Gasteiger partial charge in [0.15, 0.2) is 0 Å². The molecule has 0 spiro atoms. The van der Waals surface area contributed by atoms with Crippen molar-refractivity contribution in [1.29, 1.82) is 0 Å². The predicted octanol–water partition coefficient (Wildman–Crippen LogP) is 4.86. The average molecular weight is 443 g/mol. The van der Waals surface area contributed by atoms with Gasteiger partial charge < -0.3 is 25.0 Å². The van der Waals surface area contributed by atoms with Crippen LogP contribution in [0.3, 0.4) is 0 Å². The number of nitro groups is 1. The monoisotopic (exact) mass is 442 g/mol. The largest absolute Gasteiger partial charge is 0.497 e. The molecule has 0 unspecified atom stereocenters. The molecule has 0 atom stereocenters. The molecule has 2 aromatic rings. The van der Waals surface area contributed by atoms with Gasteiger partial charge in [-0.25, -0.2) is 0 Å². The Hall–Kier alpha value is -3.16. The summed E-state index contributed by atoms with van der Waals surface area (Å²) in [6.07, 6.45) is 7.24. The standard InChI is InChI=1S/C12H16N2O3.C12H18N2O/c1-17-10-5-6-11(14(15)16)12(9-10)13-7-3-2-4-8-13;1-15-10-5-6-11(13)12(9-10)14-7-3-2-4-8-14/h5-6,9H,2-4,7-8H2,1H3;5-6,9H,2-4,7-8,13H2,1H3. The second-order valence-corrected chi connectivity index (χ2v) is 8.13. The molecule has 8 heteroatoms. The van der Waals surface area contributed by atoms with Crippen molar-refractivity contribution in [3.05, 3.63) is 46.5 Å². The lowest BCUT2D eigenvalue weighted by atomic mass is 10.1. The smallest absolute Gasteiger partial charge is 0.292 e. The third kappa shape index (κ3) is 5.96. The molecule has 0 bridgehead atoms. The maximum atomic E-state index is 11.0. The summed E-state index contributed by atoms with van der Waals surface area (Å²) >= 11 is 0. The van der Waals surface area contributed by atoms with Crippen LogP contribution in [0.4, 0.5) is 22.7 Å². The molecule has 0 aromatic heterocycles. The molecule has 2 saturated heterocycles. The lowest BCUT2D eigenvalue weighted by Gasteiger charge is -2.30. The second-order valence-electron chi connectivity index (χ2n) is 8.13. The van der Waals surface area contributed by atoms with E-state index in [4.69, 9.17) is 15.2 Å². The molecule has 2 N–H and O–H groups in total. The third-order valence-electron chi connectivity index (χ3n) is 6.01. The highest BCUT2D eigenvalue weighted by atomic mass is 16.6. The molecule has 2 aliphatic rings. The van der Waals surface area contributed by atoms with Crippen molar-refractivity contribution in [2.45, 2.75) is 38.5 Å². The molecule has 0 amide bonds. The van der Waals surface area contributed by atoms with Gasteiger partial charge in [-0.05, 0) is 56.7 Å². The van der Waals surface area contributed by atoms with Crippen LogP contribution in [0.25, 0.3) is 0 Å². The molecule has 2 aliphatic heterocycles. The highest BCUT2D eigenvalue weighted by Gasteiger charge is 2.21. The number of nitrogens with zero attached hydrogens (tertiary/aromatic N) is 3. The molecule has 2 heterocycles. The van der Waals surface area contributed by atoms with Crippen molar-refractivity contribution in [2.24, 2.45) is 0 Å². The Morgan fingerprint density at radius 2 is 1.25 bits per heavy atom. The van der Waals surface area contributed by atoms with Gasteiger partial charge in [-0.15, -0.1) is 0 Å². The number of piperidine rings is 2. The number of hydrogen-bond acceptors (Lipinski definition) is 7. The van der Waals surface area contributed by atoms with E-state index >= 15 is 0 Å². The predicted molar refractivity (Wildman–Crippen MR) is 129 cm³/mol. The van der Waals surface area contributed by atoms with Crippen molar-refractivity contribution in [1.82, 2.24) is 0 Å². The number of nitro benzene ring substituents is 1. The number of rotatable bonds is 5. The number of nitrogens with two attached hydrogens (primary N) is 1. The molecule has 2 fully saturated rings. The van der Waals surface area contributed by atoms with Crippen LogP contribution in [0.15, 0.2) is 36.4 Å². The number of nitrogen functional groups attached to an aromatic ring is 1. The summed E-state index contributed by atoms with van der Waals surface area (Å²) < 4.78 is 10.3. The zero-order chi connectivity index (χ0) is 22.9. The summed E-state index contributed by atoms with van der Waals surface area (Å²) in [5, 5.41) is 11.0. The first-order valence-corrected chi connectivity index (χ1v) is 11.3. The van der Waals surface area contributed by atoms with E-state index in [0.717, 1.165) is 56.1 Å².